The first-order valence-corrected chi connectivity index (χ1v) is 9.33. The Morgan fingerprint density at radius 2 is 1.96 bits per heavy atom. The van der Waals surface area contributed by atoms with Gasteiger partial charge in [-0.2, -0.15) is 0 Å². The Morgan fingerprint density at radius 3 is 2.76 bits per heavy atom. The molecular weight excluding hydrogens is 317 g/mol. The van der Waals surface area contributed by atoms with E-state index in [1.54, 1.807) is 18.3 Å². The summed E-state index contributed by atoms with van der Waals surface area (Å²) in [7, 11) is 2.20. The van der Waals surface area contributed by atoms with Gasteiger partial charge in [-0.25, -0.2) is 9.37 Å². The van der Waals surface area contributed by atoms with E-state index in [0.29, 0.717) is 18.0 Å². The summed E-state index contributed by atoms with van der Waals surface area (Å²) in [6, 6.07) is 7.77. The van der Waals surface area contributed by atoms with Gasteiger partial charge in [-0.15, -0.1) is 0 Å². The van der Waals surface area contributed by atoms with Crippen LogP contribution in [0.1, 0.15) is 48.9 Å². The maximum Gasteiger partial charge on any atom is 0.211 e. The highest BCUT2D eigenvalue weighted by atomic mass is 19.1. The molecule has 0 spiro atoms. The molecule has 2 aliphatic rings. The Morgan fingerprint density at radius 1 is 1.16 bits per heavy atom. The minimum absolute atomic E-state index is 0.186. The molecule has 0 N–H and O–H groups in total. The van der Waals surface area contributed by atoms with Gasteiger partial charge in [0.25, 0.3) is 0 Å². The zero-order chi connectivity index (χ0) is 17.2. The van der Waals surface area contributed by atoms with Crippen LogP contribution in [0.3, 0.4) is 0 Å². The fourth-order valence-corrected chi connectivity index (χ4v) is 4.21. The normalized spacial score (nSPS) is 23.4. The first-order valence-electron chi connectivity index (χ1n) is 9.33. The van der Waals surface area contributed by atoms with Gasteiger partial charge in [-0.1, -0.05) is 18.2 Å². The molecule has 2 aromatic rings. The van der Waals surface area contributed by atoms with E-state index in [2.05, 4.69) is 21.8 Å². The molecule has 0 unspecified atom stereocenters. The largest absolute Gasteiger partial charge is 0.444 e. The second-order valence-electron chi connectivity index (χ2n) is 7.36. The summed E-state index contributed by atoms with van der Waals surface area (Å²) in [6.45, 7) is 3.46. The van der Waals surface area contributed by atoms with Crippen LogP contribution in [0.5, 0.6) is 0 Å². The highest BCUT2D eigenvalue weighted by molar-refractivity contribution is 5.21. The molecule has 0 radical (unpaired) electrons. The van der Waals surface area contributed by atoms with Crippen molar-refractivity contribution in [3.05, 3.63) is 53.5 Å². The summed E-state index contributed by atoms with van der Waals surface area (Å²) in [6.07, 6.45) is 6.97. The number of hydrogen-bond acceptors (Lipinski definition) is 4. The van der Waals surface area contributed by atoms with Crippen molar-refractivity contribution in [2.45, 2.75) is 44.2 Å². The van der Waals surface area contributed by atoms with Gasteiger partial charge in [0.1, 0.15) is 11.6 Å². The van der Waals surface area contributed by atoms with Gasteiger partial charge in [0.05, 0.1) is 12.2 Å². The molecule has 1 aromatic carbocycles. The number of oxazole rings is 1. The third-order valence-corrected chi connectivity index (χ3v) is 5.63. The number of benzene rings is 1. The van der Waals surface area contributed by atoms with Gasteiger partial charge in [-0.3, -0.25) is 4.90 Å². The lowest BCUT2D eigenvalue weighted by molar-refractivity contribution is 0.0985. The monoisotopic (exact) mass is 343 g/mol. The minimum atomic E-state index is -0.186. The Kier molecular flexibility index (Phi) is 4.86. The molecule has 0 saturated carbocycles. The number of nitrogens with zero attached hydrogens (tertiary/aromatic N) is 3. The average molecular weight is 343 g/mol. The minimum Gasteiger partial charge on any atom is -0.444 e. The lowest BCUT2D eigenvalue weighted by Gasteiger charge is -2.37. The first kappa shape index (κ1) is 16.7. The average Bonchev–Trinajstić information content (AvgIpc) is 3.27. The topological polar surface area (TPSA) is 32.5 Å². The molecule has 2 aliphatic heterocycles. The van der Waals surface area contributed by atoms with E-state index in [4.69, 9.17) is 4.42 Å². The number of aromatic nitrogens is 1. The third kappa shape index (κ3) is 3.62. The Bertz CT molecular complexity index is 708. The van der Waals surface area contributed by atoms with Crippen molar-refractivity contribution in [3.8, 4) is 0 Å². The standard InChI is InChI=1S/C20H26FN3O/c1-23-11-8-16(9-12-23)24-10-4-7-19(24)20-22-14-17(25-20)13-15-5-2-3-6-18(15)21/h2-3,5-6,14,16,19H,4,7-13H2,1H3/t19-/m0/s1. The van der Waals surface area contributed by atoms with Crippen molar-refractivity contribution >= 4 is 0 Å². The molecule has 0 bridgehead atoms. The summed E-state index contributed by atoms with van der Waals surface area (Å²) in [5.74, 6) is 1.37. The van der Waals surface area contributed by atoms with Crippen molar-refractivity contribution in [1.29, 1.82) is 0 Å². The molecule has 5 heteroatoms. The van der Waals surface area contributed by atoms with E-state index < -0.39 is 0 Å². The van der Waals surface area contributed by atoms with E-state index in [9.17, 15) is 4.39 Å². The van der Waals surface area contributed by atoms with Crippen LogP contribution in [-0.4, -0.2) is 47.5 Å². The van der Waals surface area contributed by atoms with E-state index >= 15 is 0 Å². The summed E-state index contributed by atoms with van der Waals surface area (Å²) >= 11 is 0. The second kappa shape index (κ2) is 7.26. The number of halogens is 1. The maximum atomic E-state index is 13.8. The number of rotatable bonds is 4. The van der Waals surface area contributed by atoms with Gasteiger partial charge in [0, 0.05) is 12.5 Å². The second-order valence-corrected chi connectivity index (χ2v) is 7.36. The number of hydrogen-bond donors (Lipinski definition) is 0. The zero-order valence-electron chi connectivity index (χ0n) is 14.8. The first-order chi connectivity index (χ1) is 12.2. The highest BCUT2D eigenvalue weighted by Crippen LogP contribution is 2.36. The molecule has 1 atom stereocenters. The van der Waals surface area contributed by atoms with Crippen LogP contribution >= 0.6 is 0 Å². The van der Waals surface area contributed by atoms with Gasteiger partial charge < -0.3 is 9.32 Å². The van der Waals surface area contributed by atoms with Crippen LogP contribution in [0.15, 0.2) is 34.9 Å². The zero-order valence-corrected chi connectivity index (χ0v) is 14.8. The quantitative estimate of drug-likeness (QED) is 0.848. The SMILES string of the molecule is CN1CCC(N2CCC[C@H]2c2ncc(Cc3ccccc3F)o2)CC1. The molecule has 134 valence electrons. The van der Waals surface area contributed by atoms with Gasteiger partial charge >= 0.3 is 0 Å². The van der Waals surface area contributed by atoms with E-state index in [1.165, 1.54) is 25.3 Å². The number of likely N-dealkylation sites (tertiary alicyclic amines) is 2. The molecule has 1 aromatic heterocycles. The molecule has 4 nitrogen and oxygen atoms in total. The molecular formula is C20H26FN3O. The van der Waals surface area contributed by atoms with Gasteiger partial charge in [0.15, 0.2) is 0 Å². The van der Waals surface area contributed by atoms with Crippen molar-refractivity contribution in [2.24, 2.45) is 0 Å². The van der Waals surface area contributed by atoms with Crippen LogP contribution in [0.25, 0.3) is 0 Å². The fraction of sp³-hybridized carbons (Fsp3) is 0.550. The predicted molar refractivity (Wildman–Crippen MR) is 94.9 cm³/mol. The van der Waals surface area contributed by atoms with Crippen molar-refractivity contribution in [1.82, 2.24) is 14.8 Å². The lowest BCUT2D eigenvalue weighted by Crippen LogP contribution is -2.43. The van der Waals surface area contributed by atoms with E-state index in [1.807, 2.05) is 6.07 Å². The van der Waals surface area contributed by atoms with E-state index in [0.717, 1.165) is 37.7 Å². The summed E-state index contributed by atoms with van der Waals surface area (Å²) in [5, 5.41) is 0. The predicted octanol–water partition coefficient (Wildman–Crippen LogP) is 3.64. The Hall–Kier alpha value is -1.72. The fourth-order valence-electron chi connectivity index (χ4n) is 4.21. The van der Waals surface area contributed by atoms with Crippen molar-refractivity contribution in [2.75, 3.05) is 26.7 Å². The van der Waals surface area contributed by atoms with Crippen LogP contribution in [0.4, 0.5) is 4.39 Å². The molecule has 0 amide bonds. The van der Waals surface area contributed by atoms with Gasteiger partial charge in [0.2, 0.25) is 5.89 Å². The summed E-state index contributed by atoms with van der Waals surface area (Å²) < 4.78 is 19.9. The van der Waals surface area contributed by atoms with Crippen LogP contribution in [0, 0.1) is 5.82 Å². The third-order valence-electron chi connectivity index (χ3n) is 5.63. The van der Waals surface area contributed by atoms with Crippen LogP contribution in [-0.2, 0) is 6.42 Å². The van der Waals surface area contributed by atoms with Crippen LogP contribution in [0.2, 0.25) is 0 Å². The van der Waals surface area contributed by atoms with Crippen LogP contribution < -0.4 is 0 Å². The van der Waals surface area contributed by atoms with Crippen molar-refractivity contribution in [3.63, 3.8) is 0 Å². The molecule has 0 aliphatic carbocycles. The maximum absolute atomic E-state index is 13.8. The molecule has 3 heterocycles. The molecule has 25 heavy (non-hydrogen) atoms. The highest BCUT2D eigenvalue weighted by Gasteiger charge is 2.35. The smallest absolute Gasteiger partial charge is 0.211 e. The van der Waals surface area contributed by atoms with E-state index in [-0.39, 0.29) is 11.9 Å². The summed E-state index contributed by atoms with van der Waals surface area (Å²) in [5.41, 5.74) is 0.656. The number of piperidine rings is 1. The lowest BCUT2D eigenvalue weighted by atomic mass is 10.0. The molecule has 4 rings (SSSR count). The molecule has 2 saturated heterocycles. The van der Waals surface area contributed by atoms with Gasteiger partial charge in [-0.05, 0) is 64.0 Å². The Balaban J connectivity index is 1.46. The molecule has 2 fully saturated rings. The Labute approximate surface area is 148 Å². The summed E-state index contributed by atoms with van der Waals surface area (Å²) in [4.78, 5) is 9.53. The van der Waals surface area contributed by atoms with Crippen molar-refractivity contribution < 1.29 is 8.81 Å².